The van der Waals surface area contributed by atoms with Gasteiger partial charge in [0.05, 0.1) is 46.9 Å². The number of nitrogens with one attached hydrogen (secondary N) is 2. The average molecular weight is 504 g/mol. The van der Waals surface area contributed by atoms with Crippen molar-refractivity contribution in [3.8, 4) is 0 Å². The quantitative estimate of drug-likeness (QED) is 0.515. The van der Waals surface area contributed by atoms with E-state index in [1.54, 1.807) is 0 Å². The van der Waals surface area contributed by atoms with Crippen molar-refractivity contribution in [1.82, 2.24) is 10.2 Å². The molecular formula is C26H31ClFN3O4. The van der Waals surface area contributed by atoms with Gasteiger partial charge in [0, 0.05) is 26.7 Å². The third kappa shape index (κ3) is 4.68. The van der Waals surface area contributed by atoms with E-state index in [-0.39, 0.29) is 40.1 Å². The normalized spacial score (nSPS) is 18.5. The van der Waals surface area contributed by atoms with Crippen LogP contribution in [0.5, 0.6) is 0 Å². The Labute approximate surface area is 209 Å². The number of halogens is 2. The molecule has 2 aliphatic rings. The Morgan fingerprint density at radius 3 is 2.49 bits per heavy atom. The van der Waals surface area contributed by atoms with Gasteiger partial charge >= 0.3 is 0 Å². The Morgan fingerprint density at radius 1 is 1.23 bits per heavy atom. The molecule has 2 saturated heterocycles. The lowest BCUT2D eigenvalue weighted by Crippen LogP contribution is -2.68. The van der Waals surface area contributed by atoms with Crippen LogP contribution < -0.4 is 10.6 Å². The number of nitrogens with zero attached hydrogens (tertiary/aromatic N) is 1. The molecule has 3 N–H and O–H groups in total. The molecule has 2 heterocycles. The smallest absolute Gasteiger partial charge is 0.253 e. The number of likely N-dealkylation sites (tertiary alicyclic amines) is 1. The largest absolute Gasteiger partial charge is 0.396 e. The van der Waals surface area contributed by atoms with E-state index in [1.807, 2.05) is 24.3 Å². The highest BCUT2D eigenvalue weighted by molar-refractivity contribution is 6.31. The third-order valence-corrected chi connectivity index (χ3v) is 7.30. The van der Waals surface area contributed by atoms with Gasteiger partial charge in [0.1, 0.15) is 5.82 Å². The van der Waals surface area contributed by atoms with E-state index in [9.17, 15) is 19.1 Å². The third-order valence-electron chi connectivity index (χ3n) is 7.01. The fraction of sp³-hybridized carbons (Fsp3) is 0.462. The minimum Gasteiger partial charge on any atom is -0.396 e. The van der Waals surface area contributed by atoms with Gasteiger partial charge in [-0.25, -0.2) is 4.39 Å². The van der Waals surface area contributed by atoms with E-state index in [1.165, 1.54) is 13.1 Å². The fourth-order valence-corrected chi connectivity index (χ4v) is 5.18. The number of hydrogen-bond donors (Lipinski definition) is 3. The standard InChI is InChI=1S/C26H31ClFN3O4/c1-16(2)17-6-4-5-7-19(17)26(11-31(12-26)10-25(13-32)14-35-15-25)24(34)30-22-9-21(28)20(27)8-18(22)23(33)29-3/h4-9,16,32H,10-15H2,1-3H3,(H,29,33)(H,30,34). The van der Waals surface area contributed by atoms with Crippen LogP contribution in [0.15, 0.2) is 36.4 Å². The Kier molecular flexibility index (Phi) is 7.20. The minimum atomic E-state index is -0.905. The lowest BCUT2D eigenvalue weighted by Gasteiger charge is -2.54. The molecule has 0 saturated carbocycles. The summed E-state index contributed by atoms with van der Waals surface area (Å²) in [6, 6.07) is 10.1. The Morgan fingerprint density at radius 2 is 1.91 bits per heavy atom. The maximum Gasteiger partial charge on any atom is 0.253 e. The van der Waals surface area contributed by atoms with E-state index >= 15 is 0 Å². The van der Waals surface area contributed by atoms with Gasteiger partial charge < -0.3 is 20.5 Å². The number of carbonyl (C=O) groups excluding carboxylic acids is 2. The van der Waals surface area contributed by atoms with E-state index in [0.717, 1.165) is 17.2 Å². The molecule has 0 atom stereocenters. The first-order valence-corrected chi connectivity index (χ1v) is 12.1. The molecule has 188 valence electrons. The van der Waals surface area contributed by atoms with E-state index in [4.69, 9.17) is 16.3 Å². The first-order chi connectivity index (χ1) is 16.6. The van der Waals surface area contributed by atoms with E-state index in [0.29, 0.717) is 32.8 Å². The van der Waals surface area contributed by atoms with Crippen molar-refractivity contribution < 1.29 is 23.8 Å². The summed E-state index contributed by atoms with van der Waals surface area (Å²) in [5.41, 5.74) is 0.892. The first-order valence-electron chi connectivity index (χ1n) is 11.7. The molecule has 0 spiro atoms. The van der Waals surface area contributed by atoms with Gasteiger partial charge in [0.2, 0.25) is 5.91 Å². The summed E-state index contributed by atoms with van der Waals surface area (Å²) in [4.78, 5) is 28.5. The van der Waals surface area contributed by atoms with Crippen LogP contribution in [0.1, 0.15) is 41.3 Å². The lowest BCUT2D eigenvalue weighted by molar-refractivity contribution is -0.162. The number of amides is 2. The Hall–Kier alpha value is -2.52. The monoisotopic (exact) mass is 503 g/mol. The van der Waals surface area contributed by atoms with Crippen LogP contribution in [-0.2, 0) is 14.9 Å². The molecule has 2 aliphatic heterocycles. The predicted octanol–water partition coefficient (Wildman–Crippen LogP) is 3.16. The highest BCUT2D eigenvalue weighted by Crippen LogP contribution is 2.42. The van der Waals surface area contributed by atoms with Crippen molar-refractivity contribution in [2.24, 2.45) is 5.41 Å². The van der Waals surface area contributed by atoms with Crippen molar-refractivity contribution in [1.29, 1.82) is 0 Å². The predicted molar refractivity (Wildman–Crippen MR) is 132 cm³/mol. The van der Waals surface area contributed by atoms with Crippen LogP contribution in [0.3, 0.4) is 0 Å². The van der Waals surface area contributed by atoms with Gasteiger partial charge in [0.15, 0.2) is 0 Å². The molecule has 7 nitrogen and oxygen atoms in total. The van der Waals surface area contributed by atoms with Gasteiger partial charge in [-0.05, 0) is 29.2 Å². The molecule has 2 aromatic carbocycles. The van der Waals surface area contributed by atoms with Gasteiger partial charge in [-0.15, -0.1) is 0 Å². The van der Waals surface area contributed by atoms with Crippen molar-refractivity contribution in [2.45, 2.75) is 25.2 Å². The number of rotatable bonds is 8. The van der Waals surface area contributed by atoms with Crippen molar-refractivity contribution >= 4 is 29.1 Å². The number of benzene rings is 2. The number of hydrogen-bond acceptors (Lipinski definition) is 5. The summed E-state index contributed by atoms with van der Waals surface area (Å²) in [5, 5.41) is 15.0. The van der Waals surface area contributed by atoms with Crippen molar-refractivity contribution in [2.75, 3.05) is 51.8 Å². The van der Waals surface area contributed by atoms with Crippen LogP contribution in [-0.4, -0.2) is 68.3 Å². The van der Waals surface area contributed by atoms with Crippen molar-refractivity contribution in [3.63, 3.8) is 0 Å². The molecule has 4 rings (SSSR count). The number of aliphatic hydroxyl groups excluding tert-OH is 1. The summed E-state index contributed by atoms with van der Waals surface area (Å²) in [7, 11) is 1.45. The van der Waals surface area contributed by atoms with Crippen molar-refractivity contribution in [3.05, 3.63) is 63.9 Å². The summed E-state index contributed by atoms with van der Waals surface area (Å²) < 4.78 is 19.7. The van der Waals surface area contributed by atoms with Gasteiger partial charge in [-0.1, -0.05) is 49.7 Å². The number of ether oxygens (including phenoxy) is 1. The number of aliphatic hydroxyl groups is 1. The van der Waals surface area contributed by atoms with Crippen LogP contribution in [0, 0.1) is 11.2 Å². The molecule has 0 radical (unpaired) electrons. The zero-order chi connectivity index (χ0) is 25.4. The van der Waals surface area contributed by atoms with Gasteiger partial charge in [-0.3, -0.25) is 14.5 Å². The Bertz CT molecular complexity index is 1120. The van der Waals surface area contributed by atoms with Crippen LogP contribution in [0.4, 0.5) is 10.1 Å². The molecule has 0 unspecified atom stereocenters. The highest BCUT2D eigenvalue weighted by atomic mass is 35.5. The molecule has 9 heteroatoms. The zero-order valence-corrected chi connectivity index (χ0v) is 20.9. The molecule has 0 aromatic heterocycles. The molecule has 0 bridgehead atoms. The van der Waals surface area contributed by atoms with Crippen LogP contribution in [0.2, 0.25) is 5.02 Å². The van der Waals surface area contributed by atoms with Crippen LogP contribution >= 0.6 is 11.6 Å². The van der Waals surface area contributed by atoms with E-state index < -0.39 is 17.1 Å². The van der Waals surface area contributed by atoms with Crippen LogP contribution in [0.25, 0.3) is 0 Å². The SMILES string of the molecule is CNC(=O)c1cc(Cl)c(F)cc1NC(=O)C1(c2ccccc2C(C)C)CN(CC2(CO)COC2)C1. The summed E-state index contributed by atoms with van der Waals surface area (Å²) in [6.45, 7) is 6.61. The summed E-state index contributed by atoms with van der Waals surface area (Å²) in [5.74, 6) is -1.35. The topological polar surface area (TPSA) is 90.9 Å². The second-order valence-electron chi connectivity index (χ2n) is 9.97. The maximum absolute atomic E-state index is 14.3. The molecular weight excluding hydrogens is 473 g/mol. The second-order valence-corrected chi connectivity index (χ2v) is 10.4. The zero-order valence-electron chi connectivity index (χ0n) is 20.2. The molecule has 2 fully saturated rings. The lowest BCUT2D eigenvalue weighted by atomic mass is 9.68. The summed E-state index contributed by atoms with van der Waals surface area (Å²) in [6.07, 6.45) is 0. The molecule has 0 aliphatic carbocycles. The molecule has 2 aromatic rings. The number of anilines is 1. The highest BCUT2D eigenvalue weighted by Gasteiger charge is 2.54. The van der Waals surface area contributed by atoms with Gasteiger partial charge in [0.25, 0.3) is 5.91 Å². The summed E-state index contributed by atoms with van der Waals surface area (Å²) >= 11 is 5.91. The fourth-order valence-electron chi connectivity index (χ4n) is 5.01. The maximum atomic E-state index is 14.3. The minimum absolute atomic E-state index is 0.0187. The number of carbonyl (C=O) groups is 2. The molecule has 35 heavy (non-hydrogen) atoms. The second kappa shape index (κ2) is 9.85. The van der Waals surface area contributed by atoms with Gasteiger partial charge in [-0.2, -0.15) is 0 Å². The Balaban J connectivity index is 1.69. The molecule has 2 amide bonds. The first kappa shape index (κ1) is 25.6. The van der Waals surface area contributed by atoms with E-state index in [2.05, 4.69) is 29.4 Å². The average Bonchev–Trinajstić information content (AvgIpc) is 2.79.